The molecule has 6 heteroatoms. The molecule has 0 aliphatic carbocycles. The van der Waals surface area contributed by atoms with E-state index >= 15 is 0 Å². The minimum atomic E-state index is 0. The lowest BCUT2D eigenvalue weighted by Gasteiger charge is -2.11. The van der Waals surface area contributed by atoms with Gasteiger partial charge in [0.15, 0.2) is 5.96 Å². The monoisotopic (exact) mass is 429 g/mol. The molecule has 0 unspecified atom stereocenters. The number of nitrogens with zero attached hydrogens (tertiary/aromatic N) is 1. The summed E-state index contributed by atoms with van der Waals surface area (Å²) in [6.45, 7) is 9.46. The third-order valence-electron chi connectivity index (χ3n) is 3.02. The van der Waals surface area contributed by atoms with E-state index in [0.717, 1.165) is 71.1 Å². The number of hydrogen-bond donors (Lipinski definition) is 2. The number of unbranched alkanes of at least 4 members (excludes halogenated alkanes) is 3. The van der Waals surface area contributed by atoms with Gasteiger partial charge in [-0.15, -0.1) is 24.0 Å². The summed E-state index contributed by atoms with van der Waals surface area (Å²) in [6.07, 6.45) is 6.78. The molecule has 0 aliphatic rings. The molecule has 0 bridgehead atoms. The van der Waals surface area contributed by atoms with Crippen LogP contribution in [0.25, 0.3) is 0 Å². The summed E-state index contributed by atoms with van der Waals surface area (Å²) >= 11 is 0. The highest BCUT2D eigenvalue weighted by Gasteiger charge is 1.96. The van der Waals surface area contributed by atoms with E-state index in [2.05, 4.69) is 29.5 Å². The summed E-state index contributed by atoms with van der Waals surface area (Å²) in [5.41, 5.74) is 0. The Bertz CT molecular complexity index is 241. The van der Waals surface area contributed by atoms with Crippen LogP contribution in [-0.2, 0) is 9.47 Å². The lowest BCUT2D eigenvalue weighted by Crippen LogP contribution is -2.37. The van der Waals surface area contributed by atoms with E-state index in [1.165, 1.54) is 12.8 Å². The van der Waals surface area contributed by atoms with Gasteiger partial charge in [-0.05, 0) is 39.0 Å². The highest BCUT2D eigenvalue weighted by atomic mass is 127. The number of nitrogens with one attached hydrogen (secondary N) is 2. The van der Waals surface area contributed by atoms with E-state index in [-0.39, 0.29) is 24.0 Å². The SMILES string of the molecule is CCCCOCCCN=C(NCC)NCCCCCOC.I. The van der Waals surface area contributed by atoms with E-state index < -0.39 is 0 Å². The number of halogens is 1. The Labute approximate surface area is 154 Å². The van der Waals surface area contributed by atoms with Crippen molar-refractivity contribution in [3.8, 4) is 0 Å². The van der Waals surface area contributed by atoms with Gasteiger partial charge in [0, 0.05) is 46.6 Å². The summed E-state index contributed by atoms with van der Waals surface area (Å²) in [6, 6.07) is 0. The van der Waals surface area contributed by atoms with Crippen LogP contribution in [-0.4, -0.2) is 52.5 Å². The van der Waals surface area contributed by atoms with Crippen LogP contribution in [0.1, 0.15) is 52.4 Å². The van der Waals surface area contributed by atoms with Crippen LogP contribution >= 0.6 is 24.0 Å². The lowest BCUT2D eigenvalue weighted by atomic mass is 10.2. The first-order chi connectivity index (χ1) is 10.3. The molecule has 0 rings (SSSR count). The van der Waals surface area contributed by atoms with Crippen molar-refractivity contribution in [3.63, 3.8) is 0 Å². The Kier molecular flexibility index (Phi) is 23.0. The standard InChI is InChI=1S/C16H35N3O2.HI/c1-4-6-14-21-15-10-12-19-16(17-5-2)18-11-8-7-9-13-20-3;/h4-15H2,1-3H3,(H2,17,18,19);1H. The van der Waals surface area contributed by atoms with E-state index in [1.807, 2.05) is 0 Å². The van der Waals surface area contributed by atoms with E-state index in [0.29, 0.717) is 0 Å². The van der Waals surface area contributed by atoms with E-state index in [4.69, 9.17) is 9.47 Å². The number of ether oxygens (including phenoxy) is 2. The van der Waals surface area contributed by atoms with Crippen molar-refractivity contribution in [1.29, 1.82) is 0 Å². The van der Waals surface area contributed by atoms with Gasteiger partial charge in [0.1, 0.15) is 0 Å². The topological polar surface area (TPSA) is 54.9 Å². The fourth-order valence-electron chi connectivity index (χ4n) is 1.80. The second-order valence-corrected chi connectivity index (χ2v) is 5.06. The summed E-state index contributed by atoms with van der Waals surface area (Å²) < 4.78 is 10.6. The Morgan fingerprint density at radius 3 is 2.36 bits per heavy atom. The van der Waals surface area contributed by atoms with Gasteiger partial charge in [-0.3, -0.25) is 4.99 Å². The summed E-state index contributed by atoms with van der Waals surface area (Å²) in [7, 11) is 1.75. The molecule has 134 valence electrons. The predicted molar refractivity (Wildman–Crippen MR) is 105 cm³/mol. The van der Waals surface area contributed by atoms with Crippen LogP contribution in [0.15, 0.2) is 4.99 Å². The molecule has 0 spiro atoms. The molecule has 0 radical (unpaired) electrons. The van der Waals surface area contributed by atoms with Gasteiger partial charge < -0.3 is 20.1 Å². The molecule has 0 heterocycles. The predicted octanol–water partition coefficient (Wildman–Crippen LogP) is 3.18. The maximum Gasteiger partial charge on any atom is 0.191 e. The zero-order valence-corrected chi connectivity index (χ0v) is 17.0. The number of guanidine groups is 1. The fourth-order valence-corrected chi connectivity index (χ4v) is 1.80. The van der Waals surface area contributed by atoms with Crippen molar-refractivity contribution < 1.29 is 9.47 Å². The largest absolute Gasteiger partial charge is 0.385 e. The number of aliphatic imine (C=N–C) groups is 1. The number of methoxy groups -OCH3 is 1. The van der Waals surface area contributed by atoms with Crippen LogP contribution in [0.3, 0.4) is 0 Å². The molecule has 2 N–H and O–H groups in total. The van der Waals surface area contributed by atoms with Crippen molar-refractivity contribution in [2.75, 3.05) is 46.6 Å². The van der Waals surface area contributed by atoms with Crippen molar-refractivity contribution in [2.45, 2.75) is 52.4 Å². The lowest BCUT2D eigenvalue weighted by molar-refractivity contribution is 0.130. The number of hydrogen-bond acceptors (Lipinski definition) is 3. The summed E-state index contributed by atoms with van der Waals surface area (Å²) in [4.78, 5) is 4.55. The second-order valence-electron chi connectivity index (χ2n) is 5.06. The molecule has 22 heavy (non-hydrogen) atoms. The van der Waals surface area contributed by atoms with Crippen LogP contribution in [0, 0.1) is 0 Å². The third-order valence-corrected chi connectivity index (χ3v) is 3.02. The molecule has 0 aliphatic heterocycles. The first-order valence-electron chi connectivity index (χ1n) is 8.44. The average Bonchev–Trinajstić information content (AvgIpc) is 2.49. The maximum atomic E-state index is 5.53. The molecular formula is C16H36IN3O2. The molecule has 0 atom stereocenters. The molecule has 0 aromatic heterocycles. The van der Waals surface area contributed by atoms with Crippen molar-refractivity contribution in [2.24, 2.45) is 4.99 Å². The number of rotatable bonds is 14. The quantitative estimate of drug-likeness (QED) is 0.193. The van der Waals surface area contributed by atoms with Gasteiger partial charge in [0.05, 0.1) is 0 Å². The molecule has 0 aromatic rings. The molecular weight excluding hydrogens is 393 g/mol. The Morgan fingerprint density at radius 2 is 1.68 bits per heavy atom. The zero-order chi connectivity index (χ0) is 15.6. The van der Waals surface area contributed by atoms with Crippen LogP contribution in [0.2, 0.25) is 0 Å². The Balaban J connectivity index is 0. The zero-order valence-electron chi connectivity index (χ0n) is 14.7. The fraction of sp³-hybridized carbons (Fsp3) is 0.938. The highest BCUT2D eigenvalue weighted by molar-refractivity contribution is 14.0. The first-order valence-corrected chi connectivity index (χ1v) is 8.44. The maximum absolute atomic E-state index is 5.53. The van der Waals surface area contributed by atoms with E-state index in [9.17, 15) is 0 Å². The van der Waals surface area contributed by atoms with Crippen molar-refractivity contribution in [3.05, 3.63) is 0 Å². The molecule has 0 aromatic carbocycles. The average molecular weight is 429 g/mol. The molecule has 0 amide bonds. The normalized spacial score (nSPS) is 11.1. The molecule has 0 saturated heterocycles. The van der Waals surface area contributed by atoms with Gasteiger partial charge >= 0.3 is 0 Å². The highest BCUT2D eigenvalue weighted by Crippen LogP contribution is 1.94. The van der Waals surface area contributed by atoms with Gasteiger partial charge in [-0.1, -0.05) is 13.3 Å². The smallest absolute Gasteiger partial charge is 0.191 e. The molecule has 0 fully saturated rings. The molecule has 5 nitrogen and oxygen atoms in total. The Hall–Kier alpha value is -0.0800. The van der Waals surface area contributed by atoms with Crippen LogP contribution in [0.4, 0.5) is 0 Å². The molecule has 0 saturated carbocycles. The van der Waals surface area contributed by atoms with Crippen LogP contribution in [0.5, 0.6) is 0 Å². The van der Waals surface area contributed by atoms with Crippen LogP contribution < -0.4 is 10.6 Å². The minimum absolute atomic E-state index is 0. The van der Waals surface area contributed by atoms with Gasteiger partial charge in [-0.2, -0.15) is 0 Å². The first kappa shape index (κ1) is 24.2. The Morgan fingerprint density at radius 1 is 0.909 bits per heavy atom. The summed E-state index contributed by atoms with van der Waals surface area (Å²) in [5, 5.41) is 6.64. The summed E-state index contributed by atoms with van der Waals surface area (Å²) in [5.74, 6) is 0.915. The third kappa shape index (κ3) is 18.0. The minimum Gasteiger partial charge on any atom is -0.385 e. The van der Waals surface area contributed by atoms with Gasteiger partial charge in [-0.25, -0.2) is 0 Å². The van der Waals surface area contributed by atoms with Crippen molar-refractivity contribution in [1.82, 2.24) is 10.6 Å². The van der Waals surface area contributed by atoms with Crippen molar-refractivity contribution >= 4 is 29.9 Å². The van der Waals surface area contributed by atoms with Gasteiger partial charge in [0.25, 0.3) is 0 Å². The van der Waals surface area contributed by atoms with E-state index in [1.54, 1.807) is 7.11 Å². The second kappa shape index (κ2) is 20.9. The van der Waals surface area contributed by atoms with Gasteiger partial charge in [0.2, 0.25) is 0 Å².